The van der Waals surface area contributed by atoms with Gasteiger partial charge in [0.25, 0.3) is 0 Å². The van der Waals surface area contributed by atoms with Crippen LogP contribution in [0.4, 0.5) is 10.1 Å². The lowest BCUT2D eigenvalue weighted by atomic mass is 10.3. The fourth-order valence-electron chi connectivity index (χ4n) is 3.11. The number of hydrogen-bond acceptors (Lipinski definition) is 4. The molecule has 10 heteroatoms. The Morgan fingerprint density at radius 1 is 1.37 bits per heavy atom. The van der Waals surface area contributed by atoms with Crippen LogP contribution in [0, 0.1) is 5.82 Å². The van der Waals surface area contributed by atoms with Gasteiger partial charge in [-0.3, -0.25) is 9.48 Å². The van der Waals surface area contributed by atoms with Crippen molar-refractivity contribution in [1.29, 1.82) is 0 Å². The molecule has 1 aliphatic rings. The number of amides is 1. The van der Waals surface area contributed by atoms with E-state index in [1.54, 1.807) is 34.0 Å². The van der Waals surface area contributed by atoms with E-state index in [1.807, 2.05) is 32.0 Å². The molecule has 8 nitrogen and oxygen atoms in total. The van der Waals surface area contributed by atoms with Gasteiger partial charge in [0.2, 0.25) is 5.91 Å². The smallest absolute Gasteiger partial charge is 0.246 e. The number of halogens is 2. The molecule has 1 N–H and O–H groups in total. The number of aryl methyl sites for hydroxylation is 1. The lowest BCUT2D eigenvalue weighted by molar-refractivity contribution is -0.120. The second-order valence-electron chi connectivity index (χ2n) is 6.89. The maximum atomic E-state index is 13.8. The Bertz CT molecular complexity index is 874. The number of guanidine groups is 1. The van der Waals surface area contributed by atoms with Crippen molar-refractivity contribution in [1.82, 2.24) is 20.0 Å². The number of carbonyl (C=O) groups is 1. The van der Waals surface area contributed by atoms with Gasteiger partial charge in [-0.25, -0.2) is 9.38 Å². The van der Waals surface area contributed by atoms with Crippen LogP contribution in [-0.4, -0.2) is 65.4 Å². The van der Waals surface area contributed by atoms with Crippen molar-refractivity contribution < 1.29 is 13.9 Å². The first-order valence-electron chi connectivity index (χ1n) is 9.71. The van der Waals surface area contributed by atoms with Crippen LogP contribution in [-0.2, 0) is 11.8 Å². The van der Waals surface area contributed by atoms with Gasteiger partial charge >= 0.3 is 0 Å². The van der Waals surface area contributed by atoms with Crippen LogP contribution in [0.2, 0.25) is 0 Å². The summed E-state index contributed by atoms with van der Waals surface area (Å²) in [5, 5.41) is 7.35. The molecule has 0 aliphatic carbocycles. The standard InChI is InChI=1S/C20H27FN6O2.HI/c1-4-22-20(23-11-15(2)29-18-8-6-5-7-17(18)21)26-9-10-27(19(28)14-26)16-12-24-25(3)13-16;/h5-8,12-13,15H,4,9-11,14H2,1-3H3,(H,22,23);1H. The molecular weight excluding hydrogens is 502 g/mol. The fraction of sp³-hybridized carbons (Fsp3) is 0.450. The number of aromatic nitrogens is 2. The molecule has 1 atom stereocenters. The average molecular weight is 530 g/mol. The number of carbonyl (C=O) groups excluding carboxylic acids is 1. The number of nitrogens with one attached hydrogen (secondary N) is 1. The summed E-state index contributed by atoms with van der Waals surface area (Å²) in [6, 6.07) is 6.31. The highest BCUT2D eigenvalue weighted by Crippen LogP contribution is 2.18. The summed E-state index contributed by atoms with van der Waals surface area (Å²) in [4.78, 5) is 20.9. The molecule has 164 valence electrons. The molecule has 30 heavy (non-hydrogen) atoms. The number of aliphatic imine (C=N–C) groups is 1. The molecule has 2 aromatic rings. The maximum absolute atomic E-state index is 13.8. The molecule has 0 bridgehead atoms. The minimum Gasteiger partial charge on any atom is -0.486 e. The normalized spacial score (nSPS) is 15.6. The molecule has 3 rings (SSSR count). The molecule has 0 saturated carbocycles. The predicted molar refractivity (Wildman–Crippen MR) is 125 cm³/mol. The minimum absolute atomic E-state index is 0. The molecule has 0 radical (unpaired) electrons. The van der Waals surface area contributed by atoms with Gasteiger partial charge in [-0.15, -0.1) is 24.0 Å². The molecule has 1 unspecified atom stereocenters. The Labute approximate surface area is 193 Å². The molecule has 1 aliphatic heterocycles. The number of benzene rings is 1. The van der Waals surface area contributed by atoms with Crippen molar-refractivity contribution in [2.45, 2.75) is 20.0 Å². The largest absolute Gasteiger partial charge is 0.486 e. The summed E-state index contributed by atoms with van der Waals surface area (Å²) < 4.78 is 21.1. The Kier molecular flexibility index (Phi) is 8.88. The number of rotatable bonds is 6. The highest BCUT2D eigenvalue weighted by atomic mass is 127. The Hall–Kier alpha value is -2.37. The third kappa shape index (κ3) is 6.07. The van der Waals surface area contributed by atoms with Crippen LogP contribution in [0.15, 0.2) is 41.7 Å². The number of piperazine rings is 1. The SMILES string of the molecule is CCNC(=NCC(C)Oc1ccccc1F)N1CCN(c2cnn(C)c2)C(=O)C1.I. The monoisotopic (exact) mass is 530 g/mol. The van der Waals surface area contributed by atoms with Crippen LogP contribution >= 0.6 is 24.0 Å². The number of para-hydroxylation sites is 1. The van der Waals surface area contributed by atoms with E-state index in [1.165, 1.54) is 6.07 Å². The van der Waals surface area contributed by atoms with E-state index in [0.717, 1.165) is 5.69 Å². The van der Waals surface area contributed by atoms with Crippen molar-refractivity contribution >= 4 is 41.5 Å². The van der Waals surface area contributed by atoms with Gasteiger partial charge in [-0.05, 0) is 26.0 Å². The molecule has 0 spiro atoms. The second kappa shape index (κ2) is 11.1. The van der Waals surface area contributed by atoms with Crippen LogP contribution in [0.3, 0.4) is 0 Å². The van der Waals surface area contributed by atoms with Gasteiger partial charge in [-0.2, -0.15) is 5.10 Å². The summed E-state index contributed by atoms with van der Waals surface area (Å²) in [6.07, 6.45) is 3.20. The maximum Gasteiger partial charge on any atom is 0.246 e. The predicted octanol–water partition coefficient (Wildman–Crippen LogP) is 2.26. The quantitative estimate of drug-likeness (QED) is 0.353. The van der Waals surface area contributed by atoms with Crippen molar-refractivity contribution in [3.05, 3.63) is 42.5 Å². The molecule has 1 amide bonds. The average Bonchev–Trinajstić information content (AvgIpc) is 3.13. The topological polar surface area (TPSA) is 75.0 Å². The minimum atomic E-state index is -0.396. The molecule has 2 heterocycles. The number of anilines is 1. The van der Waals surface area contributed by atoms with Crippen LogP contribution in [0.5, 0.6) is 5.75 Å². The third-order valence-corrected chi connectivity index (χ3v) is 4.52. The van der Waals surface area contributed by atoms with E-state index in [9.17, 15) is 9.18 Å². The zero-order valence-electron chi connectivity index (χ0n) is 17.4. The summed E-state index contributed by atoms with van der Waals surface area (Å²) in [7, 11) is 1.82. The third-order valence-electron chi connectivity index (χ3n) is 4.52. The van der Waals surface area contributed by atoms with Crippen molar-refractivity contribution in [2.75, 3.05) is 37.6 Å². The van der Waals surface area contributed by atoms with Crippen LogP contribution in [0.1, 0.15) is 13.8 Å². The van der Waals surface area contributed by atoms with E-state index >= 15 is 0 Å². The van der Waals surface area contributed by atoms with E-state index in [0.29, 0.717) is 32.1 Å². The second-order valence-corrected chi connectivity index (χ2v) is 6.89. The highest BCUT2D eigenvalue weighted by Gasteiger charge is 2.27. The molecule has 1 saturated heterocycles. The van der Waals surface area contributed by atoms with Crippen molar-refractivity contribution in [3.63, 3.8) is 0 Å². The molecule has 1 fully saturated rings. The first kappa shape index (κ1) is 23.9. The Morgan fingerprint density at radius 3 is 2.77 bits per heavy atom. The zero-order valence-corrected chi connectivity index (χ0v) is 19.7. The van der Waals surface area contributed by atoms with Gasteiger partial charge in [0.15, 0.2) is 17.5 Å². The lowest BCUT2D eigenvalue weighted by Crippen LogP contribution is -2.55. The summed E-state index contributed by atoms with van der Waals surface area (Å²) in [5.41, 5.74) is 0.797. The van der Waals surface area contributed by atoms with E-state index in [4.69, 9.17) is 4.74 Å². The number of ether oxygens (including phenoxy) is 1. The van der Waals surface area contributed by atoms with E-state index in [2.05, 4.69) is 15.4 Å². The van der Waals surface area contributed by atoms with Crippen molar-refractivity contribution in [3.8, 4) is 5.75 Å². The lowest BCUT2D eigenvalue weighted by Gasteiger charge is -2.35. The molecular formula is C20H28FIN6O2. The first-order chi connectivity index (χ1) is 14.0. The van der Waals surface area contributed by atoms with Gasteiger partial charge in [-0.1, -0.05) is 12.1 Å². The zero-order chi connectivity index (χ0) is 20.8. The number of hydrogen-bond donors (Lipinski definition) is 1. The molecule has 1 aromatic carbocycles. The van der Waals surface area contributed by atoms with Gasteiger partial charge in [0, 0.05) is 32.9 Å². The Morgan fingerprint density at radius 2 is 2.13 bits per heavy atom. The van der Waals surface area contributed by atoms with E-state index < -0.39 is 5.82 Å². The summed E-state index contributed by atoms with van der Waals surface area (Å²) >= 11 is 0. The molecule has 1 aromatic heterocycles. The Balaban J connectivity index is 0.00000320. The van der Waals surface area contributed by atoms with Gasteiger partial charge in [0.1, 0.15) is 12.6 Å². The first-order valence-corrected chi connectivity index (χ1v) is 9.71. The number of nitrogens with zero attached hydrogens (tertiary/aromatic N) is 5. The van der Waals surface area contributed by atoms with Crippen molar-refractivity contribution in [2.24, 2.45) is 12.0 Å². The van der Waals surface area contributed by atoms with Crippen LogP contribution < -0.4 is 15.0 Å². The summed E-state index contributed by atoms with van der Waals surface area (Å²) in [5.74, 6) is 0.453. The van der Waals surface area contributed by atoms with Crippen LogP contribution in [0.25, 0.3) is 0 Å². The fourth-order valence-corrected chi connectivity index (χ4v) is 3.11. The summed E-state index contributed by atoms with van der Waals surface area (Å²) in [6.45, 7) is 6.26. The van der Waals surface area contributed by atoms with Gasteiger partial charge in [0.05, 0.1) is 18.4 Å². The van der Waals surface area contributed by atoms with Gasteiger partial charge < -0.3 is 19.9 Å². The highest BCUT2D eigenvalue weighted by molar-refractivity contribution is 14.0. The van der Waals surface area contributed by atoms with E-state index in [-0.39, 0.29) is 48.3 Å².